The molecule has 1 atom stereocenters. The lowest BCUT2D eigenvalue weighted by Gasteiger charge is -2.36. The Labute approximate surface area is 122 Å². The number of rotatable bonds is 1. The lowest BCUT2D eigenvalue weighted by atomic mass is 9.79. The van der Waals surface area contributed by atoms with Gasteiger partial charge in [-0.15, -0.1) is 0 Å². The molecule has 2 aliphatic rings. The van der Waals surface area contributed by atoms with Gasteiger partial charge in [0.15, 0.2) is 0 Å². The van der Waals surface area contributed by atoms with Gasteiger partial charge in [0.25, 0.3) is 0 Å². The van der Waals surface area contributed by atoms with E-state index in [1.165, 1.54) is 6.07 Å². The third kappa shape index (κ3) is 1.94. The van der Waals surface area contributed by atoms with E-state index < -0.39 is 30.6 Å². The molecule has 0 amide bonds. The second-order valence-corrected chi connectivity index (χ2v) is 5.47. The molecule has 4 nitrogen and oxygen atoms in total. The number of fused-ring (bicyclic) bond motifs is 2. The van der Waals surface area contributed by atoms with Crippen molar-refractivity contribution < 1.29 is 32.5 Å². The van der Waals surface area contributed by atoms with Crippen LogP contribution in [0.25, 0.3) is 0 Å². The molecule has 0 aromatic heterocycles. The van der Waals surface area contributed by atoms with Gasteiger partial charge in [0, 0.05) is 30.0 Å². The van der Waals surface area contributed by atoms with E-state index in [2.05, 4.69) is 0 Å². The lowest BCUT2D eigenvalue weighted by molar-refractivity contribution is -0.240. The second kappa shape index (κ2) is 4.43. The Bertz CT molecular complexity index is 629. The zero-order valence-electron chi connectivity index (χ0n) is 10.6. The van der Waals surface area contributed by atoms with Crippen LogP contribution in [-0.2, 0) is 17.6 Å². The van der Waals surface area contributed by atoms with Crippen LogP contribution in [-0.4, -0.2) is 30.5 Å². The summed E-state index contributed by atoms with van der Waals surface area (Å²) in [6.07, 6.45) is -5.20. The van der Waals surface area contributed by atoms with Crippen molar-refractivity contribution in [3.63, 3.8) is 0 Å². The fourth-order valence-corrected chi connectivity index (χ4v) is 2.95. The monoisotopic (exact) mass is 322 g/mol. The van der Waals surface area contributed by atoms with Crippen LogP contribution >= 0.6 is 11.6 Å². The third-order valence-corrected chi connectivity index (χ3v) is 4.36. The van der Waals surface area contributed by atoms with Crippen LogP contribution in [0.3, 0.4) is 0 Å². The van der Waals surface area contributed by atoms with E-state index >= 15 is 0 Å². The minimum absolute atomic E-state index is 0.0758. The van der Waals surface area contributed by atoms with E-state index in [0.29, 0.717) is 24.3 Å². The van der Waals surface area contributed by atoms with E-state index in [-0.39, 0.29) is 16.3 Å². The smallest absolute Gasteiger partial charge is 0.408 e. The average molecular weight is 323 g/mol. The average Bonchev–Trinajstić information content (AvgIpc) is 2.85. The number of carbonyl (C=O) groups is 1. The van der Waals surface area contributed by atoms with Gasteiger partial charge >= 0.3 is 12.1 Å². The number of carboxylic acid groups (broad SMARTS) is 1. The van der Waals surface area contributed by atoms with Crippen LogP contribution in [0.2, 0.25) is 5.02 Å². The van der Waals surface area contributed by atoms with Crippen molar-refractivity contribution in [2.75, 3.05) is 13.2 Å². The van der Waals surface area contributed by atoms with Gasteiger partial charge in [0.1, 0.15) is 18.1 Å². The molecule has 2 heterocycles. The lowest BCUT2D eigenvalue weighted by Crippen LogP contribution is -2.52. The van der Waals surface area contributed by atoms with Crippen molar-refractivity contribution in [2.45, 2.75) is 19.0 Å². The van der Waals surface area contributed by atoms with Gasteiger partial charge < -0.3 is 14.6 Å². The first-order valence-corrected chi connectivity index (χ1v) is 6.54. The molecule has 0 bridgehead atoms. The summed E-state index contributed by atoms with van der Waals surface area (Å²) in [4.78, 5) is 11.2. The van der Waals surface area contributed by atoms with Crippen molar-refractivity contribution in [3.05, 3.63) is 22.2 Å². The molecular formula is C13H10ClF3O4. The first-order chi connectivity index (χ1) is 9.76. The number of ether oxygens (including phenoxy) is 2. The molecule has 1 N–H and O–H groups in total. The van der Waals surface area contributed by atoms with Gasteiger partial charge in [0.05, 0.1) is 11.6 Å². The van der Waals surface area contributed by atoms with Crippen LogP contribution in [0.1, 0.15) is 11.1 Å². The third-order valence-electron chi connectivity index (χ3n) is 3.90. The molecule has 0 radical (unpaired) electrons. The largest absolute Gasteiger partial charge is 0.493 e. The predicted octanol–water partition coefficient (Wildman–Crippen LogP) is 2.84. The molecule has 0 fully saturated rings. The van der Waals surface area contributed by atoms with Gasteiger partial charge in [-0.2, -0.15) is 13.2 Å². The van der Waals surface area contributed by atoms with Crippen LogP contribution in [0, 0.1) is 5.41 Å². The molecule has 0 saturated heterocycles. The predicted molar refractivity (Wildman–Crippen MR) is 66.0 cm³/mol. The minimum atomic E-state index is -4.94. The molecule has 2 aliphatic heterocycles. The Morgan fingerprint density at radius 2 is 1.95 bits per heavy atom. The van der Waals surface area contributed by atoms with Crippen LogP contribution in [0.5, 0.6) is 11.5 Å². The second-order valence-electron chi connectivity index (χ2n) is 5.09. The summed E-state index contributed by atoms with van der Waals surface area (Å²) in [6, 6.07) is 1.48. The minimum Gasteiger partial charge on any atom is -0.493 e. The first-order valence-electron chi connectivity index (χ1n) is 6.16. The quantitative estimate of drug-likeness (QED) is 0.864. The molecule has 3 rings (SSSR count). The number of hydrogen-bond donors (Lipinski definition) is 1. The molecule has 8 heteroatoms. The van der Waals surface area contributed by atoms with Crippen molar-refractivity contribution >= 4 is 17.6 Å². The highest BCUT2D eigenvalue weighted by atomic mass is 35.5. The molecule has 114 valence electrons. The number of carboxylic acids is 1. The summed E-state index contributed by atoms with van der Waals surface area (Å²) in [5, 5.41) is 9.17. The number of benzene rings is 1. The topological polar surface area (TPSA) is 55.8 Å². The number of aliphatic carboxylic acids is 1. The molecule has 0 saturated carbocycles. The Hall–Kier alpha value is -1.63. The van der Waals surface area contributed by atoms with Gasteiger partial charge in [-0.05, 0) is 0 Å². The molecule has 1 aromatic rings. The fourth-order valence-electron chi connectivity index (χ4n) is 2.60. The van der Waals surface area contributed by atoms with Gasteiger partial charge in [-0.3, -0.25) is 4.79 Å². The fraction of sp³-hybridized carbons (Fsp3) is 0.462. The maximum absolute atomic E-state index is 13.2. The summed E-state index contributed by atoms with van der Waals surface area (Å²) >= 11 is 6.13. The highest BCUT2D eigenvalue weighted by Gasteiger charge is 2.63. The Morgan fingerprint density at radius 1 is 1.29 bits per heavy atom. The molecular weight excluding hydrogens is 313 g/mol. The number of hydrogen-bond acceptors (Lipinski definition) is 3. The molecule has 0 spiro atoms. The van der Waals surface area contributed by atoms with Crippen LogP contribution in [0.15, 0.2) is 6.07 Å². The molecule has 1 unspecified atom stereocenters. The highest BCUT2D eigenvalue weighted by molar-refractivity contribution is 6.32. The SMILES string of the molecule is O=C(O)C1(C(F)(F)F)COc2cc3c(c(Cl)c2C1)CCO3. The van der Waals surface area contributed by atoms with Crippen LogP contribution in [0.4, 0.5) is 13.2 Å². The van der Waals surface area contributed by atoms with Crippen LogP contribution < -0.4 is 9.47 Å². The van der Waals surface area contributed by atoms with Crippen molar-refractivity contribution in [1.29, 1.82) is 0 Å². The normalized spacial score (nSPS) is 23.8. The summed E-state index contributed by atoms with van der Waals surface area (Å²) in [6.45, 7) is -0.588. The summed E-state index contributed by atoms with van der Waals surface area (Å²) in [7, 11) is 0. The summed E-state index contributed by atoms with van der Waals surface area (Å²) in [5.74, 6) is -1.33. The van der Waals surface area contributed by atoms with Gasteiger partial charge in [-0.25, -0.2) is 0 Å². The number of halogens is 4. The van der Waals surface area contributed by atoms with Crippen molar-refractivity contribution in [3.8, 4) is 11.5 Å². The van der Waals surface area contributed by atoms with Crippen molar-refractivity contribution in [2.24, 2.45) is 5.41 Å². The molecule has 1 aromatic carbocycles. The maximum Gasteiger partial charge on any atom is 0.408 e. The summed E-state index contributed by atoms with van der Waals surface area (Å²) < 4.78 is 50.0. The highest BCUT2D eigenvalue weighted by Crippen LogP contribution is 2.50. The Kier molecular flexibility index (Phi) is 3.02. The Morgan fingerprint density at radius 3 is 2.57 bits per heavy atom. The summed E-state index contributed by atoms with van der Waals surface area (Å²) in [5.41, 5.74) is -2.30. The van der Waals surface area contributed by atoms with E-state index in [0.717, 1.165) is 0 Å². The first kappa shape index (κ1) is 14.3. The molecule has 21 heavy (non-hydrogen) atoms. The van der Waals surface area contributed by atoms with Gasteiger partial charge in [0.2, 0.25) is 5.41 Å². The van der Waals surface area contributed by atoms with E-state index in [1.54, 1.807) is 0 Å². The zero-order chi connectivity index (χ0) is 15.4. The zero-order valence-corrected chi connectivity index (χ0v) is 11.3. The maximum atomic E-state index is 13.2. The standard InChI is InChI=1S/C13H10ClF3O4/c14-10-6-1-2-20-8(6)3-9-7(10)4-12(5-21-9,11(18)19)13(15,16)17/h3H,1-2,4-5H2,(H,18,19). The van der Waals surface area contributed by atoms with E-state index in [1.807, 2.05) is 0 Å². The van der Waals surface area contributed by atoms with E-state index in [4.69, 9.17) is 26.2 Å². The molecule has 0 aliphatic carbocycles. The number of alkyl halides is 3. The van der Waals surface area contributed by atoms with Gasteiger partial charge in [-0.1, -0.05) is 11.6 Å². The Balaban J connectivity index is 2.12. The van der Waals surface area contributed by atoms with E-state index in [9.17, 15) is 18.0 Å². The van der Waals surface area contributed by atoms with Crippen molar-refractivity contribution in [1.82, 2.24) is 0 Å².